The Bertz CT molecular complexity index is 826. The van der Waals surface area contributed by atoms with Crippen molar-refractivity contribution in [2.45, 2.75) is 19.9 Å². The van der Waals surface area contributed by atoms with Crippen molar-refractivity contribution in [2.75, 3.05) is 5.32 Å². The molecule has 2 aromatic carbocycles. The van der Waals surface area contributed by atoms with E-state index in [0.29, 0.717) is 10.7 Å². The first-order valence-electron chi connectivity index (χ1n) is 7.17. The van der Waals surface area contributed by atoms with E-state index in [9.17, 15) is 4.79 Å². The minimum atomic E-state index is -0.119. The first kappa shape index (κ1) is 14.6. The summed E-state index contributed by atoms with van der Waals surface area (Å²) in [6.45, 7) is 2.25. The molecule has 0 radical (unpaired) electrons. The number of halogens is 1. The smallest absolute Gasteiger partial charge is 0.244 e. The van der Waals surface area contributed by atoms with E-state index in [4.69, 9.17) is 11.6 Å². The van der Waals surface area contributed by atoms with Gasteiger partial charge in [-0.2, -0.15) is 0 Å². The van der Waals surface area contributed by atoms with Crippen LogP contribution >= 0.6 is 11.6 Å². The lowest BCUT2D eigenvalue weighted by Crippen LogP contribution is -2.20. The van der Waals surface area contributed by atoms with Crippen molar-refractivity contribution in [3.8, 4) is 0 Å². The van der Waals surface area contributed by atoms with Crippen molar-refractivity contribution in [2.24, 2.45) is 0 Å². The largest absolute Gasteiger partial charge is 0.323 e. The summed E-state index contributed by atoms with van der Waals surface area (Å²) < 4.78 is 1.95. The van der Waals surface area contributed by atoms with Crippen LogP contribution in [0.4, 0.5) is 5.69 Å². The van der Waals surface area contributed by atoms with E-state index < -0.39 is 0 Å². The lowest BCUT2D eigenvalue weighted by atomic mass is 10.3. The van der Waals surface area contributed by atoms with Crippen molar-refractivity contribution in [3.05, 3.63) is 59.4 Å². The molecule has 0 aliphatic heterocycles. The Balaban J connectivity index is 1.86. The molecule has 1 amide bonds. The summed E-state index contributed by atoms with van der Waals surface area (Å²) in [5.74, 6) is 0.779. The Morgan fingerprint density at radius 3 is 2.68 bits per heavy atom. The number of nitrogens with zero attached hydrogens (tertiary/aromatic N) is 2. The van der Waals surface area contributed by atoms with E-state index in [1.54, 1.807) is 12.1 Å². The van der Waals surface area contributed by atoms with Crippen LogP contribution in [0.25, 0.3) is 11.0 Å². The number of fused-ring (bicyclic) bond motifs is 1. The Morgan fingerprint density at radius 2 is 1.91 bits per heavy atom. The minimum Gasteiger partial charge on any atom is -0.323 e. The quantitative estimate of drug-likeness (QED) is 0.794. The van der Waals surface area contributed by atoms with E-state index in [1.165, 1.54) is 0 Å². The van der Waals surface area contributed by atoms with Gasteiger partial charge in [0.25, 0.3) is 0 Å². The number of carbonyl (C=O) groups is 1. The molecule has 1 aromatic heterocycles. The maximum atomic E-state index is 12.3. The second kappa shape index (κ2) is 6.20. The Hall–Kier alpha value is -2.33. The molecule has 112 valence electrons. The molecular formula is C17H16ClN3O. The normalized spacial score (nSPS) is 10.8. The highest BCUT2D eigenvalue weighted by atomic mass is 35.5. The number of carbonyl (C=O) groups excluding carboxylic acids is 1. The summed E-state index contributed by atoms with van der Waals surface area (Å²) in [5.41, 5.74) is 2.50. The van der Waals surface area contributed by atoms with Gasteiger partial charge < -0.3 is 9.88 Å². The van der Waals surface area contributed by atoms with Gasteiger partial charge in [-0.05, 0) is 24.3 Å². The van der Waals surface area contributed by atoms with E-state index in [2.05, 4.69) is 10.3 Å². The maximum Gasteiger partial charge on any atom is 0.244 e. The number of hydrogen-bond acceptors (Lipinski definition) is 2. The summed E-state index contributed by atoms with van der Waals surface area (Å²) in [6.07, 6.45) is 0.772. The van der Waals surface area contributed by atoms with Gasteiger partial charge in [0, 0.05) is 6.42 Å². The number of amides is 1. The molecule has 0 unspecified atom stereocenters. The third-order valence-corrected chi connectivity index (χ3v) is 3.83. The Morgan fingerprint density at radius 1 is 1.18 bits per heavy atom. The van der Waals surface area contributed by atoms with Gasteiger partial charge in [-0.25, -0.2) is 4.98 Å². The molecule has 0 saturated carbocycles. The van der Waals surface area contributed by atoms with Crippen LogP contribution in [0.1, 0.15) is 12.7 Å². The number of hydrogen-bond donors (Lipinski definition) is 1. The van der Waals surface area contributed by atoms with Crippen LogP contribution in [0.15, 0.2) is 48.5 Å². The number of benzene rings is 2. The number of para-hydroxylation sites is 3. The molecule has 3 rings (SSSR count). The zero-order chi connectivity index (χ0) is 15.5. The average Bonchev–Trinajstić information content (AvgIpc) is 2.87. The van der Waals surface area contributed by atoms with Gasteiger partial charge in [0.1, 0.15) is 12.4 Å². The van der Waals surface area contributed by atoms with Gasteiger partial charge in [0.2, 0.25) is 5.91 Å². The lowest BCUT2D eigenvalue weighted by Gasteiger charge is -2.10. The molecule has 0 saturated heterocycles. The van der Waals surface area contributed by atoms with Crippen LogP contribution in [0.5, 0.6) is 0 Å². The first-order chi connectivity index (χ1) is 10.7. The summed E-state index contributed by atoms with van der Waals surface area (Å²) in [6, 6.07) is 15.0. The molecule has 22 heavy (non-hydrogen) atoms. The van der Waals surface area contributed by atoms with Crippen LogP contribution in [0.2, 0.25) is 5.02 Å². The fourth-order valence-corrected chi connectivity index (χ4v) is 2.65. The van der Waals surface area contributed by atoms with Crippen molar-refractivity contribution >= 4 is 34.2 Å². The van der Waals surface area contributed by atoms with Gasteiger partial charge in [-0.15, -0.1) is 0 Å². The highest BCUT2D eigenvalue weighted by Crippen LogP contribution is 2.21. The molecule has 5 heteroatoms. The van der Waals surface area contributed by atoms with Crippen LogP contribution in [0, 0.1) is 0 Å². The van der Waals surface area contributed by atoms with E-state index >= 15 is 0 Å². The Labute approximate surface area is 133 Å². The molecule has 4 nitrogen and oxygen atoms in total. The summed E-state index contributed by atoms with van der Waals surface area (Å²) >= 11 is 6.07. The second-order valence-electron chi connectivity index (χ2n) is 4.98. The SMILES string of the molecule is CCc1nc2ccccc2n1CC(=O)Nc1ccccc1Cl. The van der Waals surface area contributed by atoms with Crippen LogP contribution in [-0.2, 0) is 17.8 Å². The number of nitrogens with one attached hydrogen (secondary N) is 1. The summed E-state index contributed by atoms with van der Waals surface area (Å²) in [7, 11) is 0. The maximum absolute atomic E-state index is 12.3. The monoisotopic (exact) mass is 313 g/mol. The van der Waals surface area contributed by atoms with Crippen molar-refractivity contribution in [1.29, 1.82) is 0 Å². The third kappa shape index (κ3) is 2.83. The van der Waals surface area contributed by atoms with E-state index in [-0.39, 0.29) is 12.5 Å². The van der Waals surface area contributed by atoms with Gasteiger partial charge >= 0.3 is 0 Å². The van der Waals surface area contributed by atoms with Crippen molar-refractivity contribution in [1.82, 2.24) is 9.55 Å². The molecule has 3 aromatic rings. The zero-order valence-electron chi connectivity index (χ0n) is 12.2. The first-order valence-corrected chi connectivity index (χ1v) is 7.55. The molecule has 0 aliphatic carbocycles. The minimum absolute atomic E-state index is 0.119. The highest BCUT2D eigenvalue weighted by Gasteiger charge is 2.13. The third-order valence-electron chi connectivity index (χ3n) is 3.50. The number of aromatic nitrogens is 2. The molecule has 0 bridgehead atoms. The van der Waals surface area contributed by atoms with E-state index in [0.717, 1.165) is 23.3 Å². The van der Waals surface area contributed by atoms with Crippen LogP contribution in [0.3, 0.4) is 0 Å². The Kier molecular flexibility index (Phi) is 4.11. The summed E-state index contributed by atoms with van der Waals surface area (Å²) in [4.78, 5) is 16.9. The fourth-order valence-electron chi connectivity index (χ4n) is 2.47. The fraction of sp³-hybridized carbons (Fsp3) is 0.176. The molecule has 0 spiro atoms. The number of anilines is 1. The predicted octanol–water partition coefficient (Wildman–Crippen LogP) is 3.89. The van der Waals surface area contributed by atoms with Gasteiger partial charge in [0.15, 0.2) is 0 Å². The standard InChI is InChI=1S/C17H16ClN3O/c1-2-16-19-14-9-5-6-10-15(14)21(16)11-17(22)20-13-8-4-3-7-12(13)18/h3-10H,2,11H2,1H3,(H,20,22). The average molecular weight is 314 g/mol. The van der Waals surface area contributed by atoms with Crippen LogP contribution < -0.4 is 5.32 Å². The molecular weight excluding hydrogens is 298 g/mol. The molecule has 0 aliphatic rings. The number of imidazole rings is 1. The van der Waals surface area contributed by atoms with Crippen LogP contribution in [-0.4, -0.2) is 15.5 Å². The zero-order valence-corrected chi connectivity index (χ0v) is 13.0. The second-order valence-corrected chi connectivity index (χ2v) is 5.39. The number of aryl methyl sites for hydroxylation is 1. The number of rotatable bonds is 4. The molecule has 0 atom stereocenters. The van der Waals surface area contributed by atoms with Gasteiger partial charge in [-0.1, -0.05) is 42.8 Å². The topological polar surface area (TPSA) is 46.9 Å². The van der Waals surface area contributed by atoms with Gasteiger partial charge in [-0.3, -0.25) is 4.79 Å². The highest BCUT2D eigenvalue weighted by molar-refractivity contribution is 6.33. The predicted molar refractivity (Wildman–Crippen MR) is 89.2 cm³/mol. The van der Waals surface area contributed by atoms with E-state index in [1.807, 2.05) is 47.9 Å². The van der Waals surface area contributed by atoms with Crippen molar-refractivity contribution in [3.63, 3.8) is 0 Å². The lowest BCUT2D eigenvalue weighted by molar-refractivity contribution is -0.116. The van der Waals surface area contributed by atoms with Crippen molar-refractivity contribution < 1.29 is 4.79 Å². The van der Waals surface area contributed by atoms with Gasteiger partial charge in [0.05, 0.1) is 21.7 Å². The summed E-state index contributed by atoms with van der Waals surface area (Å²) in [5, 5.41) is 3.37. The molecule has 0 fully saturated rings. The molecule has 1 N–H and O–H groups in total. The molecule has 1 heterocycles.